The van der Waals surface area contributed by atoms with Crippen LogP contribution in [0.3, 0.4) is 0 Å². The molecule has 2 rings (SSSR count). The van der Waals surface area contributed by atoms with E-state index < -0.39 is 0 Å². The molecule has 0 saturated heterocycles. The fraction of sp³-hybridized carbons (Fsp3) is 0.167. The highest BCUT2D eigenvalue weighted by Crippen LogP contribution is 2.28. The first kappa shape index (κ1) is 13.4. The normalized spacial score (nSPS) is 10.5. The van der Waals surface area contributed by atoms with Crippen LogP contribution in [0.25, 0.3) is 0 Å². The number of halogens is 3. The number of benzene rings is 1. The van der Waals surface area contributed by atoms with Crippen molar-refractivity contribution in [3.63, 3.8) is 0 Å². The molecule has 1 aromatic carbocycles. The summed E-state index contributed by atoms with van der Waals surface area (Å²) in [7, 11) is 0. The van der Waals surface area contributed by atoms with Gasteiger partial charge in [0.05, 0.1) is 4.88 Å². The molecule has 1 nitrogen and oxygen atoms in total. The van der Waals surface area contributed by atoms with Gasteiger partial charge in [-0.3, -0.25) is 0 Å². The molecule has 1 aromatic heterocycles. The highest BCUT2D eigenvalue weighted by Gasteiger charge is 2.06. The summed E-state index contributed by atoms with van der Waals surface area (Å²) in [4.78, 5) is 1.18. The van der Waals surface area contributed by atoms with Gasteiger partial charge in [0, 0.05) is 20.4 Å². The first-order valence-electron chi connectivity index (χ1n) is 4.90. The highest BCUT2D eigenvalue weighted by atomic mass is 79.9. The molecule has 1 heterocycles. The number of ether oxygens (including phenoxy) is 1. The third-order valence-electron chi connectivity index (χ3n) is 2.22. The van der Waals surface area contributed by atoms with E-state index in [2.05, 4.69) is 31.9 Å². The van der Waals surface area contributed by atoms with Crippen LogP contribution in [0.1, 0.15) is 10.4 Å². The average molecular weight is 397 g/mol. The number of hydrogen-bond donors (Lipinski definition) is 0. The molecule has 0 unspecified atom stereocenters. The molecule has 0 bridgehead atoms. The molecular formula is C12H9Br2ClOS. The van der Waals surface area contributed by atoms with Crippen molar-refractivity contribution in [2.45, 2.75) is 11.9 Å². The summed E-state index contributed by atoms with van der Waals surface area (Å²) in [5.74, 6) is 0.867. The molecule has 0 amide bonds. The SMILES string of the molecule is Clc1ccc(OCc2sccc2Br)c(CBr)c1. The van der Waals surface area contributed by atoms with Crippen LogP contribution in [-0.4, -0.2) is 0 Å². The van der Waals surface area contributed by atoms with Crippen LogP contribution in [0, 0.1) is 0 Å². The van der Waals surface area contributed by atoms with Crippen LogP contribution in [0.2, 0.25) is 5.02 Å². The lowest BCUT2D eigenvalue weighted by Crippen LogP contribution is -1.96. The molecule has 2 aromatic rings. The maximum atomic E-state index is 5.94. The quantitative estimate of drug-likeness (QED) is 0.608. The van der Waals surface area contributed by atoms with E-state index in [0.29, 0.717) is 6.61 Å². The van der Waals surface area contributed by atoms with Gasteiger partial charge in [-0.1, -0.05) is 27.5 Å². The minimum atomic E-state index is 0.569. The Morgan fingerprint density at radius 3 is 2.76 bits per heavy atom. The predicted octanol–water partition coefficient (Wildman–Crippen LogP) is 5.64. The summed E-state index contributed by atoms with van der Waals surface area (Å²) in [6.45, 7) is 0.569. The van der Waals surface area contributed by atoms with Crippen LogP contribution in [0.4, 0.5) is 0 Å². The van der Waals surface area contributed by atoms with E-state index in [9.17, 15) is 0 Å². The van der Waals surface area contributed by atoms with Crippen molar-refractivity contribution in [2.75, 3.05) is 0 Å². The van der Waals surface area contributed by atoms with Gasteiger partial charge in [0.15, 0.2) is 0 Å². The van der Waals surface area contributed by atoms with Gasteiger partial charge in [0.25, 0.3) is 0 Å². The average Bonchev–Trinajstić information content (AvgIpc) is 2.73. The Hall–Kier alpha value is -0.0300. The molecule has 0 spiro atoms. The minimum Gasteiger partial charge on any atom is -0.488 e. The lowest BCUT2D eigenvalue weighted by molar-refractivity contribution is 0.307. The topological polar surface area (TPSA) is 9.23 Å². The largest absolute Gasteiger partial charge is 0.488 e. The van der Waals surface area contributed by atoms with Crippen molar-refractivity contribution >= 4 is 54.8 Å². The van der Waals surface area contributed by atoms with Crippen LogP contribution < -0.4 is 4.74 Å². The molecule has 0 aliphatic heterocycles. The van der Waals surface area contributed by atoms with Crippen LogP contribution in [-0.2, 0) is 11.9 Å². The van der Waals surface area contributed by atoms with Crippen molar-refractivity contribution in [2.24, 2.45) is 0 Å². The maximum absolute atomic E-state index is 5.94. The molecule has 90 valence electrons. The van der Waals surface area contributed by atoms with Crippen molar-refractivity contribution < 1.29 is 4.74 Å². The van der Waals surface area contributed by atoms with Gasteiger partial charge in [0.1, 0.15) is 12.4 Å². The first-order valence-corrected chi connectivity index (χ1v) is 8.07. The Balaban J connectivity index is 2.11. The monoisotopic (exact) mass is 394 g/mol. The summed E-state index contributed by atoms with van der Waals surface area (Å²) >= 11 is 14.5. The van der Waals surface area contributed by atoms with Crippen molar-refractivity contribution in [3.05, 3.63) is 49.6 Å². The fourth-order valence-corrected chi connectivity index (χ4v) is 3.38. The van der Waals surface area contributed by atoms with Gasteiger partial charge >= 0.3 is 0 Å². The summed E-state index contributed by atoms with van der Waals surface area (Å²) in [6, 6.07) is 7.68. The third kappa shape index (κ3) is 3.47. The Morgan fingerprint density at radius 2 is 2.12 bits per heavy atom. The number of thiophene rings is 1. The lowest BCUT2D eigenvalue weighted by atomic mass is 10.2. The van der Waals surface area contributed by atoms with E-state index in [-0.39, 0.29) is 0 Å². The molecule has 0 fully saturated rings. The molecule has 0 atom stereocenters. The molecule has 5 heteroatoms. The number of rotatable bonds is 4. The van der Waals surface area contributed by atoms with Gasteiger partial charge in [-0.2, -0.15) is 0 Å². The number of hydrogen-bond acceptors (Lipinski definition) is 2. The summed E-state index contributed by atoms with van der Waals surface area (Å²) < 4.78 is 6.89. The molecule has 0 aliphatic rings. The van der Waals surface area contributed by atoms with Gasteiger partial charge in [-0.25, -0.2) is 0 Å². The van der Waals surface area contributed by atoms with Crippen LogP contribution in [0.5, 0.6) is 5.75 Å². The Labute approximate surface area is 126 Å². The molecule has 0 aliphatic carbocycles. The standard InChI is InChI=1S/C12H9Br2ClOS/c13-6-8-5-9(15)1-2-11(8)16-7-12-10(14)3-4-17-12/h1-5H,6-7H2. The Kier molecular flexibility index (Phi) is 4.91. The van der Waals surface area contributed by atoms with E-state index in [1.807, 2.05) is 29.6 Å². The first-order chi connectivity index (χ1) is 8.20. The zero-order chi connectivity index (χ0) is 12.3. The lowest BCUT2D eigenvalue weighted by Gasteiger charge is -2.09. The highest BCUT2D eigenvalue weighted by molar-refractivity contribution is 9.10. The summed E-state index contributed by atoms with van der Waals surface area (Å²) in [5, 5.41) is 3.49. The second-order valence-electron chi connectivity index (χ2n) is 3.37. The second-order valence-corrected chi connectivity index (χ2v) is 6.22. The molecule has 0 radical (unpaired) electrons. The predicted molar refractivity (Wildman–Crippen MR) is 80.4 cm³/mol. The molecule has 0 saturated carbocycles. The molecular weight excluding hydrogens is 387 g/mol. The van der Waals surface area contributed by atoms with Gasteiger partial charge < -0.3 is 4.74 Å². The van der Waals surface area contributed by atoms with E-state index >= 15 is 0 Å². The van der Waals surface area contributed by atoms with E-state index in [0.717, 1.165) is 26.1 Å². The van der Waals surface area contributed by atoms with Crippen molar-refractivity contribution in [1.29, 1.82) is 0 Å². The van der Waals surface area contributed by atoms with Crippen molar-refractivity contribution in [3.8, 4) is 5.75 Å². The number of alkyl halides is 1. The Morgan fingerprint density at radius 1 is 1.29 bits per heavy atom. The van der Waals surface area contributed by atoms with Crippen LogP contribution >= 0.6 is 54.8 Å². The molecule has 17 heavy (non-hydrogen) atoms. The van der Waals surface area contributed by atoms with Gasteiger partial charge in [0.2, 0.25) is 0 Å². The molecule has 0 N–H and O–H groups in total. The maximum Gasteiger partial charge on any atom is 0.124 e. The van der Waals surface area contributed by atoms with Crippen LogP contribution in [0.15, 0.2) is 34.1 Å². The summed E-state index contributed by atoms with van der Waals surface area (Å²) in [6.07, 6.45) is 0. The van der Waals surface area contributed by atoms with Gasteiger partial charge in [-0.15, -0.1) is 11.3 Å². The summed E-state index contributed by atoms with van der Waals surface area (Å²) in [5.41, 5.74) is 1.06. The zero-order valence-corrected chi connectivity index (χ0v) is 13.5. The van der Waals surface area contributed by atoms with E-state index in [4.69, 9.17) is 16.3 Å². The fourth-order valence-electron chi connectivity index (χ4n) is 1.36. The minimum absolute atomic E-state index is 0.569. The Bertz CT molecular complexity index is 513. The second kappa shape index (κ2) is 6.23. The van der Waals surface area contributed by atoms with E-state index in [1.165, 1.54) is 4.88 Å². The van der Waals surface area contributed by atoms with Gasteiger partial charge in [-0.05, 0) is 45.6 Å². The zero-order valence-electron chi connectivity index (χ0n) is 8.75. The van der Waals surface area contributed by atoms with E-state index in [1.54, 1.807) is 11.3 Å². The van der Waals surface area contributed by atoms with Crippen molar-refractivity contribution in [1.82, 2.24) is 0 Å². The smallest absolute Gasteiger partial charge is 0.124 e. The third-order valence-corrected chi connectivity index (χ3v) is 4.96.